The van der Waals surface area contributed by atoms with Gasteiger partial charge in [-0.2, -0.15) is 0 Å². The third-order valence-corrected chi connectivity index (χ3v) is 8.17. The predicted octanol–water partition coefficient (Wildman–Crippen LogP) is 4.59. The van der Waals surface area contributed by atoms with Gasteiger partial charge in [0, 0.05) is 0 Å². The van der Waals surface area contributed by atoms with Gasteiger partial charge < -0.3 is 4.74 Å². The molecule has 0 N–H and O–H groups in total. The lowest BCUT2D eigenvalue weighted by molar-refractivity contribution is -0.157. The Morgan fingerprint density at radius 1 is 1.09 bits per heavy atom. The van der Waals surface area contributed by atoms with E-state index in [0.29, 0.717) is 5.92 Å². The Morgan fingerprint density at radius 2 is 1.83 bits per heavy atom. The molecule has 4 fully saturated rings. The van der Waals surface area contributed by atoms with Crippen LogP contribution in [0.25, 0.3) is 0 Å². The molecule has 5 aliphatic carbocycles. The molecule has 2 nitrogen and oxygen atoms in total. The van der Waals surface area contributed by atoms with Gasteiger partial charge in [0.2, 0.25) is 0 Å². The quantitative estimate of drug-likeness (QED) is 0.431. The van der Waals surface area contributed by atoms with Crippen LogP contribution in [0.2, 0.25) is 0 Å². The molecule has 126 valence electrons. The Kier molecular flexibility index (Phi) is 3.39. The van der Waals surface area contributed by atoms with Crippen molar-refractivity contribution in [3.63, 3.8) is 0 Å². The average Bonchev–Trinajstić information content (AvgIpc) is 3.33. The van der Waals surface area contributed by atoms with Gasteiger partial charge in [-0.15, -0.1) is 0 Å². The smallest absolute Gasteiger partial charge is 0.309 e. The maximum atomic E-state index is 12.8. The highest BCUT2D eigenvalue weighted by Gasteiger charge is 2.62. The summed E-state index contributed by atoms with van der Waals surface area (Å²) in [6.07, 6.45) is 15.0. The standard InChI is InChI=1S/C21H30O2/c1-2-16(21(22)23-15-5-3-4-6-15)17-10-14-11-18(17)20-13-8-7-12(9-13)19(14)20/h7-8,12-20H,2-6,9-11H2,1H3. The lowest BCUT2D eigenvalue weighted by Crippen LogP contribution is -2.37. The van der Waals surface area contributed by atoms with Crippen molar-refractivity contribution in [2.24, 2.45) is 47.3 Å². The van der Waals surface area contributed by atoms with E-state index in [1.807, 2.05) is 0 Å². The molecule has 0 aliphatic heterocycles. The number of hydrogen-bond acceptors (Lipinski definition) is 2. The zero-order chi connectivity index (χ0) is 15.6. The molecule has 2 heteroatoms. The molecule has 0 aromatic carbocycles. The summed E-state index contributed by atoms with van der Waals surface area (Å²) < 4.78 is 5.90. The topological polar surface area (TPSA) is 26.3 Å². The highest BCUT2D eigenvalue weighted by Crippen LogP contribution is 2.68. The molecule has 8 unspecified atom stereocenters. The lowest BCUT2D eigenvalue weighted by Gasteiger charge is -2.39. The number of carbonyl (C=O) groups is 1. The molecular formula is C21H30O2. The van der Waals surface area contributed by atoms with Crippen LogP contribution in [0.3, 0.4) is 0 Å². The summed E-state index contributed by atoms with van der Waals surface area (Å²) in [6, 6.07) is 0. The second kappa shape index (κ2) is 5.36. The highest BCUT2D eigenvalue weighted by atomic mass is 16.5. The molecule has 0 radical (unpaired) electrons. The van der Waals surface area contributed by atoms with E-state index < -0.39 is 0 Å². The van der Waals surface area contributed by atoms with E-state index in [1.54, 1.807) is 0 Å². The summed E-state index contributed by atoms with van der Waals surface area (Å²) in [5.74, 6) is 6.25. The summed E-state index contributed by atoms with van der Waals surface area (Å²) in [5.41, 5.74) is 0. The van der Waals surface area contributed by atoms with Crippen molar-refractivity contribution in [1.82, 2.24) is 0 Å². The molecule has 0 spiro atoms. The Bertz CT molecular complexity index is 518. The molecule has 0 amide bonds. The third-order valence-electron chi connectivity index (χ3n) is 8.17. The van der Waals surface area contributed by atoms with Crippen LogP contribution in [0.4, 0.5) is 0 Å². The Balaban J connectivity index is 1.31. The van der Waals surface area contributed by atoms with E-state index >= 15 is 0 Å². The van der Waals surface area contributed by atoms with Gasteiger partial charge in [0.25, 0.3) is 0 Å². The van der Waals surface area contributed by atoms with E-state index in [2.05, 4.69) is 19.1 Å². The van der Waals surface area contributed by atoms with Crippen LogP contribution in [0.5, 0.6) is 0 Å². The summed E-state index contributed by atoms with van der Waals surface area (Å²) >= 11 is 0. The van der Waals surface area contributed by atoms with Crippen molar-refractivity contribution in [1.29, 1.82) is 0 Å². The van der Waals surface area contributed by atoms with E-state index in [9.17, 15) is 4.79 Å². The van der Waals surface area contributed by atoms with Gasteiger partial charge in [-0.3, -0.25) is 4.79 Å². The van der Waals surface area contributed by atoms with Crippen LogP contribution in [0, 0.1) is 47.3 Å². The van der Waals surface area contributed by atoms with E-state index in [0.717, 1.165) is 54.8 Å². The van der Waals surface area contributed by atoms with Crippen LogP contribution >= 0.6 is 0 Å². The fraction of sp³-hybridized carbons (Fsp3) is 0.857. The number of esters is 1. The fourth-order valence-corrected chi connectivity index (χ4v) is 7.43. The van der Waals surface area contributed by atoms with E-state index in [4.69, 9.17) is 4.74 Å². The summed E-state index contributed by atoms with van der Waals surface area (Å²) in [4.78, 5) is 12.8. The number of fused-ring (bicyclic) bond motifs is 9. The van der Waals surface area contributed by atoms with Crippen molar-refractivity contribution < 1.29 is 9.53 Å². The molecule has 5 aliphatic rings. The van der Waals surface area contributed by atoms with Gasteiger partial charge in [0.1, 0.15) is 6.10 Å². The lowest BCUT2D eigenvalue weighted by atomic mass is 9.66. The molecule has 0 aromatic rings. The maximum Gasteiger partial charge on any atom is 0.309 e. The Hall–Kier alpha value is -0.790. The Labute approximate surface area is 140 Å². The molecule has 0 aromatic heterocycles. The zero-order valence-corrected chi connectivity index (χ0v) is 14.3. The van der Waals surface area contributed by atoms with Crippen molar-refractivity contribution >= 4 is 5.97 Å². The average molecular weight is 314 g/mol. The molecule has 4 bridgehead atoms. The van der Waals surface area contributed by atoms with Gasteiger partial charge >= 0.3 is 5.97 Å². The number of rotatable bonds is 4. The second-order valence-corrected chi connectivity index (χ2v) is 9.02. The number of hydrogen-bond donors (Lipinski definition) is 0. The monoisotopic (exact) mass is 314 g/mol. The fourth-order valence-electron chi connectivity index (χ4n) is 7.43. The second-order valence-electron chi connectivity index (χ2n) is 9.02. The van der Waals surface area contributed by atoms with Crippen LogP contribution in [-0.2, 0) is 9.53 Å². The normalized spacial score (nSPS) is 48.1. The minimum atomic E-state index is 0.146. The number of ether oxygens (including phenoxy) is 1. The minimum Gasteiger partial charge on any atom is -0.462 e. The summed E-state index contributed by atoms with van der Waals surface area (Å²) in [6.45, 7) is 2.20. The number of carbonyl (C=O) groups excluding carboxylic acids is 1. The Morgan fingerprint density at radius 3 is 2.57 bits per heavy atom. The van der Waals surface area contributed by atoms with E-state index in [-0.39, 0.29) is 18.0 Å². The largest absolute Gasteiger partial charge is 0.462 e. The van der Waals surface area contributed by atoms with Crippen molar-refractivity contribution in [3.8, 4) is 0 Å². The van der Waals surface area contributed by atoms with E-state index in [1.165, 1.54) is 32.1 Å². The maximum absolute atomic E-state index is 12.8. The van der Waals surface area contributed by atoms with Gasteiger partial charge in [0.15, 0.2) is 0 Å². The first-order chi connectivity index (χ1) is 11.3. The molecule has 8 atom stereocenters. The molecule has 5 rings (SSSR count). The van der Waals surface area contributed by atoms with Crippen molar-refractivity contribution in [3.05, 3.63) is 12.2 Å². The van der Waals surface area contributed by atoms with Gasteiger partial charge in [0.05, 0.1) is 5.92 Å². The van der Waals surface area contributed by atoms with Gasteiger partial charge in [-0.25, -0.2) is 0 Å². The van der Waals surface area contributed by atoms with Crippen LogP contribution in [0.15, 0.2) is 12.2 Å². The summed E-state index contributed by atoms with van der Waals surface area (Å²) in [5, 5.41) is 0. The van der Waals surface area contributed by atoms with Crippen LogP contribution in [-0.4, -0.2) is 12.1 Å². The van der Waals surface area contributed by atoms with Gasteiger partial charge in [-0.05, 0) is 92.8 Å². The van der Waals surface area contributed by atoms with Crippen LogP contribution in [0.1, 0.15) is 58.3 Å². The molecule has 0 saturated heterocycles. The molecule has 4 saturated carbocycles. The number of allylic oxidation sites excluding steroid dienone is 2. The molecule has 0 heterocycles. The predicted molar refractivity (Wildman–Crippen MR) is 89.6 cm³/mol. The van der Waals surface area contributed by atoms with Crippen LogP contribution < -0.4 is 0 Å². The zero-order valence-electron chi connectivity index (χ0n) is 14.3. The highest BCUT2D eigenvalue weighted by molar-refractivity contribution is 5.73. The van der Waals surface area contributed by atoms with Gasteiger partial charge in [-0.1, -0.05) is 19.1 Å². The van der Waals surface area contributed by atoms with Crippen molar-refractivity contribution in [2.75, 3.05) is 0 Å². The first-order valence-corrected chi connectivity index (χ1v) is 10.1. The molecule has 23 heavy (non-hydrogen) atoms. The third kappa shape index (κ3) is 2.09. The molecular weight excluding hydrogens is 284 g/mol. The minimum absolute atomic E-state index is 0.146. The summed E-state index contributed by atoms with van der Waals surface area (Å²) in [7, 11) is 0. The SMILES string of the molecule is CCC(C(=O)OC1CCCC1)C1CC2CC1C1C3C=CC(C3)C21. The first-order valence-electron chi connectivity index (χ1n) is 10.1. The first kappa shape index (κ1) is 14.5. The van der Waals surface area contributed by atoms with Crippen molar-refractivity contribution in [2.45, 2.75) is 64.4 Å².